The third kappa shape index (κ3) is 4.68. The molecular formula is C18H23N5O4. The molecule has 0 aliphatic heterocycles. The number of aryl methyl sites for hydroxylation is 1. The van der Waals surface area contributed by atoms with Crippen LogP contribution in [0.1, 0.15) is 41.5 Å². The fourth-order valence-corrected chi connectivity index (χ4v) is 3.28. The zero-order valence-corrected chi connectivity index (χ0v) is 15.3. The maximum absolute atomic E-state index is 12.6. The first-order chi connectivity index (χ1) is 12.9. The van der Waals surface area contributed by atoms with E-state index in [1.165, 1.54) is 4.90 Å². The topological polar surface area (TPSA) is 121 Å². The number of aromatic nitrogens is 3. The molecule has 9 nitrogen and oxygen atoms in total. The van der Waals surface area contributed by atoms with E-state index < -0.39 is 12.1 Å². The van der Waals surface area contributed by atoms with Crippen LogP contribution in [0.2, 0.25) is 0 Å². The van der Waals surface area contributed by atoms with Crippen LogP contribution in [0.15, 0.2) is 28.9 Å². The first-order valence-electron chi connectivity index (χ1n) is 8.88. The number of carbonyl (C=O) groups excluding carboxylic acids is 2. The van der Waals surface area contributed by atoms with Crippen molar-refractivity contribution < 1.29 is 19.2 Å². The van der Waals surface area contributed by atoms with Gasteiger partial charge in [0.2, 0.25) is 11.8 Å². The quantitative estimate of drug-likeness (QED) is 0.791. The fraction of sp³-hybridized carbons (Fsp3) is 0.500. The summed E-state index contributed by atoms with van der Waals surface area (Å²) in [5, 5.41) is 16.9. The van der Waals surface area contributed by atoms with Crippen molar-refractivity contribution >= 4 is 11.8 Å². The van der Waals surface area contributed by atoms with Gasteiger partial charge in [-0.15, -0.1) is 0 Å². The van der Waals surface area contributed by atoms with Crippen molar-refractivity contribution in [1.82, 2.24) is 25.3 Å². The molecule has 2 aromatic heterocycles. The van der Waals surface area contributed by atoms with E-state index in [9.17, 15) is 14.7 Å². The first kappa shape index (κ1) is 19.0. The predicted octanol–water partition coefficient (Wildman–Crippen LogP) is 0.691. The van der Waals surface area contributed by atoms with Gasteiger partial charge in [-0.1, -0.05) is 11.2 Å². The van der Waals surface area contributed by atoms with Crippen molar-refractivity contribution in [2.75, 3.05) is 7.05 Å². The number of hydrogen-bond acceptors (Lipinski definition) is 7. The second kappa shape index (κ2) is 8.26. The van der Waals surface area contributed by atoms with Gasteiger partial charge >= 0.3 is 0 Å². The highest BCUT2D eigenvalue weighted by Crippen LogP contribution is 2.27. The Bertz CT molecular complexity index is 794. The SMILES string of the molecule is Cc1noc(CN(C)C(=O)[C@H]2CC[C@@H](NC(=O)c3ccccn3)[C@H](O)C2)n1. The van der Waals surface area contributed by atoms with Crippen LogP contribution in [0.5, 0.6) is 0 Å². The highest BCUT2D eigenvalue weighted by atomic mass is 16.5. The van der Waals surface area contributed by atoms with Gasteiger partial charge in [0.05, 0.1) is 18.7 Å². The molecule has 2 N–H and O–H groups in total. The van der Waals surface area contributed by atoms with Gasteiger partial charge in [0.25, 0.3) is 5.91 Å². The Labute approximate surface area is 156 Å². The van der Waals surface area contributed by atoms with Gasteiger partial charge in [-0.05, 0) is 38.3 Å². The summed E-state index contributed by atoms with van der Waals surface area (Å²) >= 11 is 0. The second-order valence-electron chi connectivity index (χ2n) is 6.80. The highest BCUT2D eigenvalue weighted by Gasteiger charge is 2.35. The molecular weight excluding hydrogens is 350 g/mol. The number of pyridine rings is 1. The Morgan fingerprint density at radius 1 is 1.37 bits per heavy atom. The fourth-order valence-electron chi connectivity index (χ4n) is 3.28. The molecule has 3 atom stereocenters. The number of amides is 2. The Kier molecular flexibility index (Phi) is 5.80. The third-order valence-corrected chi connectivity index (χ3v) is 4.70. The summed E-state index contributed by atoms with van der Waals surface area (Å²) in [6.07, 6.45) is 2.14. The molecule has 0 aromatic carbocycles. The van der Waals surface area contributed by atoms with Crippen LogP contribution < -0.4 is 5.32 Å². The maximum Gasteiger partial charge on any atom is 0.270 e. The molecule has 0 saturated heterocycles. The molecule has 1 aliphatic carbocycles. The molecule has 9 heteroatoms. The lowest BCUT2D eigenvalue weighted by atomic mass is 9.83. The van der Waals surface area contributed by atoms with E-state index in [-0.39, 0.29) is 24.3 Å². The number of aliphatic hydroxyl groups excluding tert-OH is 1. The zero-order valence-electron chi connectivity index (χ0n) is 15.3. The number of aliphatic hydroxyl groups is 1. The van der Waals surface area contributed by atoms with Crippen LogP contribution in [-0.4, -0.2) is 56.1 Å². The summed E-state index contributed by atoms with van der Waals surface area (Å²) in [6.45, 7) is 1.94. The lowest BCUT2D eigenvalue weighted by Gasteiger charge is -2.34. The van der Waals surface area contributed by atoms with Gasteiger partial charge in [-0.3, -0.25) is 14.6 Å². The van der Waals surface area contributed by atoms with Crippen molar-refractivity contribution in [3.8, 4) is 0 Å². The van der Waals surface area contributed by atoms with E-state index in [1.807, 2.05) is 0 Å². The van der Waals surface area contributed by atoms with E-state index in [0.717, 1.165) is 0 Å². The average molecular weight is 373 g/mol. The van der Waals surface area contributed by atoms with Crippen LogP contribution in [0.3, 0.4) is 0 Å². The standard InChI is InChI=1S/C18H23N5O4/c1-11-20-16(27-22-11)10-23(2)18(26)12-6-7-13(15(24)9-12)21-17(25)14-5-3-4-8-19-14/h3-5,8,12-13,15,24H,6-7,9-10H2,1-2H3,(H,21,25)/t12-,13+,15+/m0/s1. The number of nitrogens with one attached hydrogen (secondary N) is 1. The Morgan fingerprint density at radius 2 is 2.19 bits per heavy atom. The first-order valence-corrected chi connectivity index (χ1v) is 8.88. The molecule has 0 radical (unpaired) electrons. The smallest absolute Gasteiger partial charge is 0.270 e. The summed E-state index contributed by atoms with van der Waals surface area (Å²) in [7, 11) is 1.67. The predicted molar refractivity (Wildman–Crippen MR) is 94.3 cm³/mol. The third-order valence-electron chi connectivity index (χ3n) is 4.70. The summed E-state index contributed by atoms with van der Waals surface area (Å²) in [4.78, 5) is 34.5. The van der Waals surface area contributed by atoms with Crippen LogP contribution in [0.25, 0.3) is 0 Å². The largest absolute Gasteiger partial charge is 0.391 e. The Hall–Kier alpha value is -2.81. The highest BCUT2D eigenvalue weighted by molar-refractivity contribution is 5.92. The van der Waals surface area contributed by atoms with Crippen LogP contribution >= 0.6 is 0 Å². The number of nitrogens with zero attached hydrogens (tertiary/aromatic N) is 4. The van der Waals surface area contributed by atoms with E-state index >= 15 is 0 Å². The maximum atomic E-state index is 12.6. The lowest BCUT2D eigenvalue weighted by molar-refractivity contribution is -0.137. The van der Waals surface area contributed by atoms with Gasteiger partial charge < -0.3 is 19.8 Å². The molecule has 0 bridgehead atoms. The van der Waals surface area contributed by atoms with Crippen LogP contribution in [0.4, 0.5) is 0 Å². The molecule has 27 heavy (non-hydrogen) atoms. The number of hydrogen-bond donors (Lipinski definition) is 2. The van der Waals surface area contributed by atoms with E-state index in [0.29, 0.717) is 36.7 Å². The van der Waals surface area contributed by atoms with Crippen LogP contribution in [-0.2, 0) is 11.3 Å². The van der Waals surface area contributed by atoms with Gasteiger partial charge in [-0.25, -0.2) is 0 Å². The molecule has 144 valence electrons. The average Bonchev–Trinajstić information content (AvgIpc) is 3.08. The van der Waals surface area contributed by atoms with E-state index in [4.69, 9.17) is 4.52 Å². The van der Waals surface area contributed by atoms with Gasteiger partial charge in [-0.2, -0.15) is 4.98 Å². The van der Waals surface area contributed by atoms with Gasteiger partial charge in [0.1, 0.15) is 5.69 Å². The minimum atomic E-state index is -0.792. The molecule has 1 saturated carbocycles. The number of carbonyl (C=O) groups is 2. The molecule has 1 fully saturated rings. The van der Waals surface area contributed by atoms with Crippen molar-refractivity contribution in [3.05, 3.63) is 41.8 Å². The van der Waals surface area contributed by atoms with Crippen molar-refractivity contribution in [2.24, 2.45) is 5.92 Å². The van der Waals surface area contributed by atoms with Crippen LogP contribution in [0, 0.1) is 12.8 Å². The molecule has 2 aromatic rings. The van der Waals surface area contributed by atoms with Crippen molar-refractivity contribution in [1.29, 1.82) is 0 Å². The Balaban J connectivity index is 1.53. The molecule has 0 unspecified atom stereocenters. The molecule has 1 aliphatic rings. The monoisotopic (exact) mass is 373 g/mol. The summed E-state index contributed by atoms with van der Waals surface area (Å²) in [5.41, 5.74) is 0.303. The molecule has 2 amide bonds. The van der Waals surface area contributed by atoms with Gasteiger partial charge in [0, 0.05) is 19.2 Å². The normalized spacial score (nSPS) is 22.3. The second-order valence-corrected chi connectivity index (χ2v) is 6.80. The van der Waals surface area contributed by atoms with Gasteiger partial charge in [0.15, 0.2) is 5.82 Å². The molecule has 2 heterocycles. The number of rotatable bonds is 5. The minimum absolute atomic E-state index is 0.0839. The van der Waals surface area contributed by atoms with E-state index in [1.54, 1.807) is 38.4 Å². The molecule has 3 rings (SSSR count). The van der Waals surface area contributed by atoms with E-state index in [2.05, 4.69) is 20.4 Å². The summed E-state index contributed by atoms with van der Waals surface area (Å²) in [5.74, 6) is 0.176. The summed E-state index contributed by atoms with van der Waals surface area (Å²) in [6, 6.07) is 4.68. The van der Waals surface area contributed by atoms with Crippen molar-refractivity contribution in [3.63, 3.8) is 0 Å². The minimum Gasteiger partial charge on any atom is -0.391 e. The zero-order chi connectivity index (χ0) is 19.4. The molecule has 0 spiro atoms. The Morgan fingerprint density at radius 3 is 2.81 bits per heavy atom. The van der Waals surface area contributed by atoms with Crippen molar-refractivity contribution in [2.45, 2.75) is 44.9 Å². The summed E-state index contributed by atoms with van der Waals surface area (Å²) < 4.78 is 5.04. The lowest BCUT2D eigenvalue weighted by Crippen LogP contribution is -2.49.